The summed E-state index contributed by atoms with van der Waals surface area (Å²) in [4.78, 5) is 0. The van der Waals surface area contributed by atoms with Gasteiger partial charge >= 0.3 is 0 Å². The molecule has 0 aromatic rings. The SMILES string of the molecule is CCCNCCCN(C)S(=O)(=O)N1CCOCC1C. The Kier molecular flexibility index (Phi) is 7.23. The number of hydrogen-bond acceptors (Lipinski definition) is 4. The van der Waals surface area contributed by atoms with E-state index in [-0.39, 0.29) is 6.04 Å². The summed E-state index contributed by atoms with van der Waals surface area (Å²) in [7, 11) is -1.69. The van der Waals surface area contributed by atoms with Gasteiger partial charge in [-0.25, -0.2) is 0 Å². The van der Waals surface area contributed by atoms with E-state index in [1.165, 1.54) is 8.61 Å². The van der Waals surface area contributed by atoms with Crippen molar-refractivity contribution in [3.05, 3.63) is 0 Å². The number of morpholine rings is 1. The average Bonchev–Trinajstić information content (AvgIpc) is 2.38. The molecule has 0 aromatic heterocycles. The Balaban J connectivity index is 2.42. The smallest absolute Gasteiger partial charge is 0.282 e. The molecule has 19 heavy (non-hydrogen) atoms. The summed E-state index contributed by atoms with van der Waals surface area (Å²) in [6.07, 6.45) is 1.92. The fourth-order valence-corrected chi connectivity index (χ4v) is 3.62. The van der Waals surface area contributed by atoms with Crippen molar-refractivity contribution in [3.8, 4) is 0 Å². The maximum absolute atomic E-state index is 12.4. The van der Waals surface area contributed by atoms with Crippen LogP contribution in [0, 0.1) is 0 Å². The predicted octanol–water partition coefficient (Wildman–Crippen LogP) is 0.273. The zero-order valence-electron chi connectivity index (χ0n) is 12.3. The van der Waals surface area contributed by atoms with Crippen LogP contribution in [0.3, 0.4) is 0 Å². The second-order valence-corrected chi connectivity index (χ2v) is 6.96. The van der Waals surface area contributed by atoms with E-state index in [0.717, 1.165) is 25.9 Å². The number of nitrogens with one attached hydrogen (secondary N) is 1. The fraction of sp³-hybridized carbons (Fsp3) is 1.00. The molecule has 0 radical (unpaired) electrons. The van der Waals surface area contributed by atoms with Gasteiger partial charge in [-0.05, 0) is 32.9 Å². The number of hydrogen-bond donors (Lipinski definition) is 1. The first-order valence-corrected chi connectivity index (χ1v) is 8.41. The Bertz CT molecular complexity index is 348. The molecule has 6 nitrogen and oxygen atoms in total. The van der Waals surface area contributed by atoms with Gasteiger partial charge in [0.1, 0.15) is 0 Å². The molecule has 0 saturated carbocycles. The van der Waals surface area contributed by atoms with Gasteiger partial charge in [0, 0.05) is 26.2 Å². The third-order valence-corrected chi connectivity index (χ3v) is 5.36. The highest BCUT2D eigenvalue weighted by Crippen LogP contribution is 2.14. The first-order valence-electron chi connectivity index (χ1n) is 7.01. The minimum absolute atomic E-state index is 0.0839. The molecule has 0 aromatic carbocycles. The first-order chi connectivity index (χ1) is 9.00. The average molecular weight is 293 g/mol. The van der Waals surface area contributed by atoms with Gasteiger partial charge in [-0.3, -0.25) is 0 Å². The van der Waals surface area contributed by atoms with Crippen molar-refractivity contribution in [3.63, 3.8) is 0 Å². The highest BCUT2D eigenvalue weighted by Gasteiger charge is 2.32. The van der Waals surface area contributed by atoms with Gasteiger partial charge in [-0.15, -0.1) is 0 Å². The summed E-state index contributed by atoms with van der Waals surface area (Å²) in [5.74, 6) is 0. The molecule has 0 bridgehead atoms. The molecule has 1 heterocycles. The lowest BCUT2D eigenvalue weighted by atomic mass is 10.3. The van der Waals surface area contributed by atoms with Crippen molar-refractivity contribution in [2.75, 3.05) is 46.4 Å². The summed E-state index contributed by atoms with van der Waals surface area (Å²) in [5.41, 5.74) is 0. The molecule has 1 unspecified atom stereocenters. The molecule has 1 saturated heterocycles. The van der Waals surface area contributed by atoms with Gasteiger partial charge < -0.3 is 10.1 Å². The van der Waals surface area contributed by atoms with E-state index in [1.807, 2.05) is 6.92 Å². The van der Waals surface area contributed by atoms with E-state index in [2.05, 4.69) is 12.2 Å². The molecule has 114 valence electrons. The molecule has 1 N–H and O–H groups in total. The van der Waals surface area contributed by atoms with E-state index in [9.17, 15) is 8.42 Å². The highest BCUT2D eigenvalue weighted by atomic mass is 32.2. The molecule has 1 atom stereocenters. The Morgan fingerprint density at radius 3 is 2.79 bits per heavy atom. The van der Waals surface area contributed by atoms with E-state index in [4.69, 9.17) is 4.74 Å². The largest absolute Gasteiger partial charge is 0.378 e. The van der Waals surface area contributed by atoms with Crippen molar-refractivity contribution in [2.24, 2.45) is 0 Å². The van der Waals surface area contributed by atoms with Crippen LogP contribution in [-0.2, 0) is 14.9 Å². The monoisotopic (exact) mass is 293 g/mol. The van der Waals surface area contributed by atoms with Crippen molar-refractivity contribution in [1.82, 2.24) is 13.9 Å². The second kappa shape index (κ2) is 8.16. The van der Waals surface area contributed by atoms with Crippen LogP contribution in [0.15, 0.2) is 0 Å². The maximum Gasteiger partial charge on any atom is 0.282 e. The number of rotatable bonds is 8. The highest BCUT2D eigenvalue weighted by molar-refractivity contribution is 7.86. The van der Waals surface area contributed by atoms with Crippen LogP contribution in [0.25, 0.3) is 0 Å². The lowest BCUT2D eigenvalue weighted by Crippen LogP contribution is -2.52. The zero-order chi connectivity index (χ0) is 14.3. The van der Waals surface area contributed by atoms with Crippen LogP contribution in [-0.4, -0.2) is 69.5 Å². The van der Waals surface area contributed by atoms with Gasteiger partial charge in [0.2, 0.25) is 0 Å². The van der Waals surface area contributed by atoms with Gasteiger partial charge in [0.25, 0.3) is 10.2 Å². The van der Waals surface area contributed by atoms with E-state index in [1.54, 1.807) is 7.05 Å². The van der Waals surface area contributed by atoms with Crippen LogP contribution in [0.5, 0.6) is 0 Å². The zero-order valence-corrected chi connectivity index (χ0v) is 13.1. The molecule has 1 aliphatic heterocycles. The lowest BCUT2D eigenvalue weighted by Gasteiger charge is -2.35. The van der Waals surface area contributed by atoms with Crippen LogP contribution in [0.4, 0.5) is 0 Å². The molecule has 1 fully saturated rings. The third-order valence-electron chi connectivity index (χ3n) is 3.25. The Labute approximate surface area is 117 Å². The van der Waals surface area contributed by atoms with E-state index >= 15 is 0 Å². The minimum atomic E-state index is -3.35. The summed E-state index contributed by atoms with van der Waals surface area (Å²) in [5, 5.41) is 3.28. The quantitative estimate of drug-likeness (QED) is 0.653. The van der Waals surface area contributed by atoms with Gasteiger partial charge in [0.15, 0.2) is 0 Å². The van der Waals surface area contributed by atoms with Crippen LogP contribution < -0.4 is 5.32 Å². The topological polar surface area (TPSA) is 61.9 Å². The van der Waals surface area contributed by atoms with Crippen molar-refractivity contribution < 1.29 is 13.2 Å². The molecular weight excluding hydrogens is 266 g/mol. The predicted molar refractivity (Wildman–Crippen MR) is 76.3 cm³/mol. The molecule has 7 heteroatoms. The fourth-order valence-electron chi connectivity index (χ4n) is 2.08. The molecule has 0 aliphatic carbocycles. The lowest BCUT2D eigenvalue weighted by molar-refractivity contribution is 0.0367. The molecule has 1 rings (SSSR count). The summed E-state index contributed by atoms with van der Waals surface area (Å²) < 4.78 is 33.0. The molecule has 0 spiro atoms. The number of nitrogens with zero attached hydrogens (tertiary/aromatic N) is 2. The molecule has 1 aliphatic rings. The maximum atomic E-state index is 12.4. The summed E-state index contributed by atoms with van der Waals surface area (Å²) >= 11 is 0. The summed E-state index contributed by atoms with van der Waals surface area (Å²) in [6, 6.07) is -0.0839. The van der Waals surface area contributed by atoms with Gasteiger partial charge in [0.05, 0.1) is 13.2 Å². The Morgan fingerprint density at radius 2 is 2.16 bits per heavy atom. The van der Waals surface area contributed by atoms with Crippen LogP contribution >= 0.6 is 0 Å². The van der Waals surface area contributed by atoms with Crippen LogP contribution in [0.2, 0.25) is 0 Å². The third kappa shape index (κ3) is 5.00. The minimum Gasteiger partial charge on any atom is -0.378 e. The second-order valence-electron chi connectivity index (χ2n) is 4.97. The van der Waals surface area contributed by atoms with Crippen LogP contribution in [0.1, 0.15) is 26.7 Å². The van der Waals surface area contributed by atoms with E-state index in [0.29, 0.717) is 26.3 Å². The Morgan fingerprint density at radius 1 is 1.42 bits per heavy atom. The van der Waals surface area contributed by atoms with Crippen molar-refractivity contribution in [1.29, 1.82) is 0 Å². The van der Waals surface area contributed by atoms with E-state index < -0.39 is 10.2 Å². The number of ether oxygens (including phenoxy) is 1. The summed E-state index contributed by atoms with van der Waals surface area (Å²) in [6.45, 7) is 7.78. The first kappa shape index (κ1) is 16.8. The molecule has 0 amide bonds. The van der Waals surface area contributed by atoms with Crippen molar-refractivity contribution in [2.45, 2.75) is 32.7 Å². The normalized spacial score (nSPS) is 22.0. The standard InChI is InChI=1S/C12H27N3O3S/c1-4-6-13-7-5-8-14(3)19(16,17)15-9-10-18-11-12(15)2/h12-13H,4-11H2,1-3H3. The van der Waals surface area contributed by atoms with Gasteiger partial charge in [-0.2, -0.15) is 17.0 Å². The van der Waals surface area contributed by atoms with Gasteiger partial charge in [-0.1, -0.05) is 6.92 Å². The van der Waals surface area contributed by atoms with Crippen molar-refractivity contribution >= 4 is 10.2 Å². The molecular formula is C12H27N3O3S. The Hall–Kier alpha value is -0.210.